The van der Waals surface area contributed by atoms with E-state index < -0.39 is 0 Å². The first-order valence-electron chi connectivity index (χ1n) is 6.34. The van der Waals surface area contributed by atoms with Crippen LogP contribution in [0.25, 0.3) is 0 Å². The van der Waals surface area contributed by atoms with E-state index >= 15 is 0 Å². The van der Waals surface area contributed by atoms with E-state index in [0.717, 1.165) is 23.7 Å². The van der Waals surface area contributed by atoms with Crippen LogP contribution in [-0.2, 0) is 5.41 Å². The Bertz CT molecular complexity index is 637. The van der Waals surface area contributed by atoms with Gasteiger partial charge in [-0.25, -0.2) is 9.37 Å². The first kappa shape index (κ1) is 12.1. The number of anilines is 2. The molecule has 1 aromatic heterocycles. The van der Waals surface area contributed by atoms with E-state index in [1.807, 2.05) is 11.0 Å². The van der Waals surface area contributed by atoms with Crippen molar-refractivity contribution in [1.29, 1.82) is 0 Å². The summed E-state index contributed by atoms with van der Waals surface area (Å²) in [5.74, 6) is 0.642. The van der Waals surface area contributed by atoms with Crippen molar-refractivity contribution in [3.05, 3.63) is 47.7 Å². The van der Waals surface area contributed by atoms with Gasteiger partial charge in [-0.15, -0.1) is 0 Å². The summed E-state index contributed by atoms with van der Waals surface area (Å²) in [4.78, 5) is 10.9. The lowest BCUT2D eigenvalue weighted by atomic mass is 9.92. The summed E-state index contributed by atoms with van der Waals surface area (Å²) in [6.07, 6.45) is 3.39. The Labute approximate surface area is 112 Å². The highest BCUT2D eigenvalue weighted by atomic mass is 19.1. The highest BCUT2D eigenvalue weighted by Gasteiger charge is 2.38. The first-order chi connectivity index (χ1) is 8.99. The van der Waals surface area contributed by atoms with E-state index in [-0.39, 0.29) is 11.2 Å². The van der Waals surface area contributed by atoms with Crippen LogP contribution < -0.4 is 4.90 Å². The lowest BCUT2D eigenvalue weighted by Crippen LogP contribution is -2.25. The Morgan fingerprint density at radius 1 is 1.21 bits per heavy atom. The maximum Gasteiger partial charge on any atom is 0.155 e. The van der Waals surface area contributed by atoms with Crippen LogP contribution in [0.3, 0.4) is 0 Å². The van der Waals surface area contributed by atoms with Gasteiger partial charge in [-0.05, 0) is 24.6 Å². The van der Waals surface area contributed by atoms with Crippen LogP contribution in [0.4, 0.5) is 15.9 Å². The molecule has 0 spiro atoms. The van der Waals surface area contributed by atoms with E-state index in [4.69, 9.17) is 0 Å². The van der Waals surface area contributed by atoms with Gasteiger partial charge >= 0.3 is 0 Å². The Morgan fingerprint density at radius 2 is 1.95 bits per heavy atom. The van der Waals surface area contributed by atoms with Crippen LogP contribution in [-0.4, -0.2) is 16.5 Å². The summed E-state index contributed by atoms with van der Waals surface area (Å²) >= 11 is 0. The van der Waals surface area contributed by atoms with E-state index in [0.29, 0.717) is 5.56 Å². The normalized spacial score (nSPS) is 16.5. The molecule has 1 aliphatic heterocycles. The van der Waals surface area contributed by atoms with Gasteiger partial charge in [0.05, 0.1) is 5.69 Å². The molecule has 1 aromatic carbocycles. The lowest BCUT2D eigenvalue weighted by molar-refractivity contribution is 0.553. The molecule has 0 unspecified atom stereocenters. The molecule has 4 heteroatoms. The van der Waals surface area contributed by atoms with Crippen molar-refractivity contribution in [3.8, 4) is 0 Å². The van der Waals surface area contributed by atoms with E-state index in [2.05, 4.69) is 23.8 Å². The monoisotopic (exact) mass is 257 g/mol. The van der Waals surface area contributed by atoms with Gasteiger partial charge < -0.3 is 4.90 Å². The third-order valence-corrected chi connectivity index (χ3v) is 3.60. The molecule has 0 atom stereocenters. The van der Waals surface area contributed by atoms with Crippen LogP contribution in [0, 0.1) is 12.7 Å². The number of rotatable bonds is 1. The fourth-order valence-electron chi connectivity index (χ4n) is 2.51. The topological polar surface area (TPSA) is 29.0 Å². The molecule has 0 N–H and O–H groups in total. The molecule has 3 rings (SSSR count). The average Bonchev–Trinajstić information content (AvgIpc) is 2.66. The van der Waals surface area contributed by atoms with Crippen molar-refractivity contribution in [2.24, 2.45) is 0 Å². The van der Waals surface area contributed by atoms with Gasteiger partial charge in [0.15, 0.2) is 5.82 Å². The SMILES string of the molecule is Cc1ccc(N2CC(C)(C)c3nccnc32)cc1F. The first-order valence-corrected chi connectivity index (χ1v) is 6.34. The fourth-order valence-corrected chi connectivity index (χ4v) is 2.51. The van der Waals surface area contributed by atoms with Crippen molar-refractivity contribution in [2.45, 2.75) is 26.2 Å². The predicted octanol–water partition coefficient (Wildman–Crippen LogP) is 3.35. The highest BCUT2D eigenvalue weighted by molar-refractivity contribution is 5.67. The molecule has 1 aliphatic rings. The number of nitrogens with zero attached hydrogens (tertiary/aromatic N) is 3. The summed E-state index contributed by atoms with van der Waals surface area (Å²) in [7, 11) is 0. The van der Waals surface area contributed by atoms with Crippen LogP contribution in [0.2, 0.25) is 0 Å². The van der Waals surface area contributed by atoms with Crippen molar-refractivity contribution in [1.82, 2.24) is 9.97 Å². The second-order valence-corrected chi connectivity index (χ2v) is 5.63. The van der Waals surface area contributed by atoms with Gasteiger partial charge in [-0.2, -0.15) is 0 Å². The van der Waals surface area contributed by atoms with Gasteiger partial charge in [-0.1, -0.05) is 19.9 Å². The van der Waals surface area contributed by atoms with Crippen LogP contribution in [0.15, 0.2) is 30.6 Å². The van der Waals surface area contributed by atoms with Gasteiger partial charge in [0.2, 0.25) is 0 Å². The highest BCUT2D eigenvalue weighted by Crippen LogP contribution is 2.41. The number of aromatic nitrogens is 2. The molecule has 0 aliphatic carbocycles. The standard InChI is InChI=1S/C15H16FN3/c1-10-4-5-11(8-12(10)16)19-9-15(2,3)13-14(19)18-7-6-17-13/h4-8H,9H2,1-3H3. The van der Waals surface area contributed by atoms with Crippen molar-refractivity contribution in [2.75, 3.05) is 11.4 Å². The molecule has 0 saturated carbocycles. The van der Waals surface area contributed by atoms with E-state index in [1.54, 1.807) is 31.5 Å². The smallest absolute Gasteiger partial charge is 0.155 e. The molecule has 0 bridgehead atoms. The zero-order valence-electron chi connectivity index (χ0n) is 11.3. The molecule has 2 aromatic rings. The second-order valence-electron chi connectivity index (χ2n) is 5.63. The number of benzene rings is 1. The van der Waals surface area contributed by atoms with Gasteiger partial charge in [0.1, 0.15) is 5.82 Å². The van der Waals surface area contributed by atoms with E-state index in [1.165, 1.54) is 0 Å². The minimum atomic E-state index is -0.187. The maximum atomic E-state index is 13.7. The van der Waals surface area contributed by atoms with Gasteiger partial charge in [-0.3, -0.25) is 4.98 Å². The largest absolute Gasteiger partial charge is 0.324 e. The van der Waals surface area contributed by atoms with Gasteiger partial charge in [0.25, 0.3) is 0 Å². The molecular weight excluding hydrogens is 241 g/mol. The molecule has 0 fully saturated rings. The van der Waals surface area contributed by atoms with Crippen molar-refractivity contribution < 1.29 is 4.39 Å². The molecule has 0 radical (unpaired) electrons. The zero-order valence-corrected chi connectivity index (χ0v) is 11.3. The summed E-state index contributed by atoms with van der Waals surface area (Å²) in [6.45, 7) is 6.78. The maximum absolute atomic E-state index is 13.7. The van der Waals surface area contributed by atoms with Crippen molar-refractivity contribution >= 4 is 11.5 Å². The Hall–Kier alpha value is -1.97. The fraction of sp³-hybridized carbons (Fsp3) is 0.333. The van der Waals surface area contributed by atoms with Gasteiger partial charge in [0, 0.05) is 30.0 Å². The minimum absolute atomic E-state index is 0.0784. The van der Waals surface area contributed by atoms with E-state index in [9.17, 15) is 4.39 Å². The summed E-state index contributed by atoms with van der Waals surface area (Å²) in [6, 6.07) is 5.29. The van der Waals surface area contributed by atoms with Crippen LogP contribution in [0.5, 0.6) is 0 Å². The molecule has 98 valence electrons. The minimum Gasteiger partial charge on any atom is -0.324 e. The number of fused-ring (bicyclic) bond motifs is 1. The number of halogens is 1. The summed E-state index contributed by atoms with van der Waals surface area (Å²) in [5, 5.41) is 0. The second kappa shape index (κ2) is 4.02. The number of aryl methyl sites for hydroxylation is 1. The molecule has 2 heterocycles. The van der Waals surface area contributed by atoms with Crippen LogP contribution in [0.1, 0.15) is 25.1 Å². The third kappa shape index (κ3) is 1.87. The third-order valence-electron chi connectivity index (χ3n) is 3.60. The molecule has 19 heavy (non-hydrogen) atoms. The Kier molecular flexibility index (Phi) is 2.55. The quantitative estimate of drug-likeness (QED) is 0.784. The average molecular weight is 257 g/mol. The number of hydrogen-bond acceptors (Lipinski definition) is 3. The summed E-state index contributed by atoms with van der Waals surface area (Å²) in [5.41, 5.74) is 2.37. The van der Waals surface area contributed by atoms with Crippen LogP contribution >= 0.6 is 0 Å². The molecular formula is C15H16FN3. The molecule has 0 amide bonds. The zero-order chi connectivity index (χ0) is 13.6. The Balaban J connectivity index is 2.10. The lowest BCUT2D eigenvalue weighted by Gasteiger charge is -2.21. The molecule has 3 nitrogen and oxygen atoms in total. The predicted molar refractivity (Wildman–Crippen MR) is 73.2 cm³/mol. The molecule has 0 saturated heterocycles. The van der Waals surface area contributed by atoms with Crippen molar-refractivity contribution in [3.63, 3.8) is 0 Å². The Morgan fingerprint density at radius 3 is 2.68 bits per heavy atom. The number of hydrogen-bond donors (Lipinski definition) is 0. The summed E-state index contributed by atoms with van der Waals surface area (Å²) < 4.78 is 13.7.